The summed E-state index contributed by atoms with van der Waals surface area (Å²) >= 11 is 0. The fourth-order valence-corrected chi connectivity index (χ4v) is 2.07. The molecule has 14 heavy (non-hydrogen) atoms. The van der Waals surface area contributed by atoms with E-state index in [1.165, 1.54) is 0 Å². The number of hydrogen-bond donors (Lipinski definition) is 1. The fourth-order valence-electron chi connectivity index (χ4n) is 2.07. The molecule has 80 valence electrons. The standard InChI is InChI=1S/C10H18N2O2/c1-12-4-2-9(10(12)13)11-6-8-3-5-14-7-8/h8-9,11H,2-7H2,1H3. The molecule has 0 aromatic heterocycles. The highest BCUT2D eigenvalue weighted by atomic mass is 16.5. The third kappa shape index (κ3) is 2.07. The second-order valence-electron chi connectivity index (χ2n) is 4.24. The lowest BCUT2D eigenvalue weighted by molar-refractivity contribution is -0.128. The van der Waals surface area contributed by atoms with Crippen LogP contribution in [0.2, 0.25) is 0 Å². The molecular weight excluding hydrogens is 180 g/mol. The number of nitrogens with one attached hydrogen (secondary N) is 1. The molecule has 0 aromatic rings. The summed E-state index contributed by atoms with van der Waals surface area (Å²) in [5.41, 5.74) is 0. The largest absolute Gasteiger partial charge is 0.381 e. The molecule has 0 bridgehead atoms. The lowest BCUT2D eigenvalue weighted by Gasteiger charge is -2.14. The van der Waals surface area contributed by atoms with Crippen LogP contribution in [-0.2, 0) is 9.53 Å². The van der Waals surface area contributed by atoms with Crippen molar-refractivity contribution < 1.29 is 9.53 Å². The normalized spacial score (nSPS) is 32.9. The Morgan fingerprint density at radius 3 is 3.00 bits per heavy atom. The first kappa shape index (κ1) is 9.93. The predicted octanol–water partition coefficient (Wildman–Crippen LogP) is -0.157. The molecule has 0 aliphatic carbocycles. The molecule has 0 saturated carbocycles. The molecule has 0 spiro atoms. The summed E-state index contributed by atoms with van der Waals surface area (Å²) in [5, 5.41) is 3.33. The molecule has 2 rings (SSSR count). The molecule has 2 heterocycles. The van der Waals surface area contributed by atoms with Crippen LogP contribution in [0, 0.1) is 5.92 Å². The van der Waals surface area contributed by atoms with Crippen molar-refractivity contribution in [2.24, 2.45) is 5.92 Å². The lowest BCUT2D eigenvalue weighted by atomic mass is 10.1. The van der Waals surface area contributed by atoms with Gasteiger partial charge in [-0.1, -0.05) is 0 Å². The van der Waals surface area contributed by atoms with Crippen LogP contribution in [-0.4, -0.2) is 50.2 Å². The monoisotopic (exact) mass is 198 g/mol. The van der Waals surface area contributed by atoms with Crippen molar-refractivity contribution in [3.8, 4) is 0 Å². The van der Waals surface area contributed by atoms with Gasteiger partial charge in [0.1, 0.15) is 0 Å². The number of carbonyl (C=O) groups excluding carboxylic acids is 1. The van der Waals surface area contributed by atoms with E-state index < -0.39 is 0 Å². The molecule has 1 N–H and O–H groups in total. The van der Waals surface area contributed by atoms with Gasteiger partial charge in [-0.3, -0.25) is 4.79 Å². The Hall–Kier alpha value is -0.610. The third-order valence-electron chi connectivity index (χ3n) is 3.10. The van der Waals surface area contributed by atoms with Crippen molar-refractivity contribution in [1.29, 1.82) is 0 Å². The van der Waals surface area contributed by atoms with Crippen LogP contribution in [0.3, 0.4) is 0 Å². The molecule has 4 nitrogen and oxygen atoms in total. The van der Waals surface area contributed by atoms with Crippen molar-refractivity contribution in [2.45, 2.75) is 18.9 Å². The Labute approximate surface area is 84.6 Å². The van der Waals surface area contributed by atoms with Crippen LogP contribution in [0.4, 0.5) is 0 Å². The van der Waals surface area contributed by atoms with Gasteiger partial charge in [0.25, 0.3) is 0 Å². The van der Waals surface area contributed by atoms with E-state index in [-0.39, 0.29) is 11.9 Å². The highest BCUT2D eigenvalue weighted by Crippen LogP contribution is 2.13. The summed E-state index contributed by atoms with van der Waals surface area (Å²) in [4.78, 5) is 13.3. The van der Waals surface area contributed by atoms with Crippen molar-refractivity contribution in [2.75, 3.05) is 33.4 Å². The Morgan fingerprint density at radius 2 is 2.43 bits per heavy atom. The van der Waals surface area contributed by atoms with E-state index in [1.54, 1.807) is 4.90 Å². The number of likely N-dealkylation sites (N-methyl/N-ethyl adjacent to an activating group) is 1. The van der Waals surface area contributed by atoms with Crippen molar-refractivity contribution in [1.82, 2.24) is 10.2 Å². The molecule has 2 unspecified atom stereocenters. The molecular formula is C10H18N2O2. The maximum atomic E-state index is 11.5. The molecule has 2 aliphatic rings. The number of rotatable bonds is 3. The van der Waals surface area contributed by atoms with E-state index in [1.807, 2.05) is 7.05 Å². The first-order chi connectivity index (χ1) is 6.77. The molecule has 2 aliphatic heterocycles. The number of carbonyl (C=O) groups is 1. The first-order valence-corrected chi connectivity index (χ1v) is 5.33. The summed E-state index contributed by atoms with van der Waals surface area (Å²) in [6.45, 7) is 3.54. The van der Waals surface area contributed by atoms with E-state index in [2.05, 4.69) is 5.32 Å². The van der Waals surface area contributed by atoms with Crippen molar-refractivity contribution in [3.05, 3.63) is 0 Å². The summed E-state index contributed by atoms with van der Waals surface area (Å²) in [7, 11) is 1.86. The van der Waals surface area contributed by atoms with Gasteiger partial charge >= 0.3 is 0 Å². The zero-order valence-electron chi connectivity index (χ0n) is 8.66. The van der Waals surface area contributed by atoms with Gasteiger partial charge in [0.2, 0.25) is 5.91 Å². The summed E-state index contributed by atoms with van der Waals surface area (Å²) in [5.74, 6) is 0.845. The topological polar surface area (TPSA) is 41.6 Å². The first-order valence-electron chi connectivity index (χ1n) is 5.33. The lowest BCUT2D eigenvalue weighted by Crippen LogP contribution is -2.39. The Balaban J connectivity index is 1.72. The van der Waals surface area contributed by atoms with Crippen LogP contribution in [0.1, 0.15) is 12.8 Å². The smallest absolute Gasteiger partial charge is 0.239 e. The van der Waals surface area contributed by atoms with Gasteiger partial charge in [-0.25, -0.2) is 0 Å². The van der Waals surface area contributed by atoms with Crippen LogP contribution in [0.25, 0.3) is 0 Å². The zero-order chi connectivity index (χ0) is 9.97. The summed E-state index contributed by atoms with van der Waals surface area (Å²) < 4.78 is 5.28. The number of ether oxygens (including phenoxy) is 1. The number of hydrogen-bond acceptors (Lipinski definition) is 3. The van der Waals surface area contributed by atoms with Gasteiger partial charge in [0.05, 0.1) is 12.6 Å². The SMILES string of the molecule is CN1CCC(NCC2CCOC2)C1=O. The highest BCUT2D eigenvalue weighted by molar-refractivity contribution is 5.83. The quantitative estimate of drug-likeness (QED) is 0.685. The number of likely N-dealkylation sites (tertiary alicyclic amines) is 1. The third-order valence-corrected chi connectivity index (χ3v) is 3.10. The van der Waals surface area contributed by atoms with Gasteiger partial charge < -0.3 is 15.0 Å². The van der Waals surface area contributed by atoms with Gasteiger partial charge in [-0.15, -0.1) is 0 Å². The van der Waals surface area contributed by atoms with E-state index >= 15 is 0 Å². The number of nitrogens with zero attached hydrogens (tertiary/aromatic N) is 1. The number of amides is 1. The Kier molecular flexibility index (Phi) is 3.03. The average molecular weight is 198 g/mol. The Bertz CT molecular complexity index is 214. The highest BCUT2D eigenvalue weighted by Gasteiger charge is 2.29. The van der Waals surface area contributed by atoms with Gasteiger partial charge in [-0.05, 0) is 18.8 Å². The van der Waals surface area contributed by atoms with Crippen LogP contribution >= 0.6 is 0 Å². The molecule has 2 atom stereocenters. The maximum absolute atomic E-state index is 11.5. The van der Waals surface area contributed by atoms with Crippen LogP contribution in [0.15, 0.2) is 0 Å². The minimum atomic E-state index is 0.0561. The van der Waals surface area contributed by atoms with Gasteiger partial charge in [0, 0.05) is 26.7 Å². The Morgan fingerprint density at radius 1 is 1.57 bits per heavy atom. The molecule has 0 aromatic carbocycles. The van der Waals surface area contributed by atoms with E-state index in [0.717, 1.165) is 39.1 Å². The minimum absolute atomic E-state index is 0.0561. The molecule has 1 amide bonds. The van der Waals surface area contributed by atoms with Crippen LogP contribution in [0.5, 0.6) is 0 Å². The zero-order valence-corrected chi connectivity index (χ0v) is 8.66. The molecule has 0 radical (unpaired) electrons. The summed E-state index contributed by atoms with van der Waals surface area (Å²) in [6, 6.07) is 0.0561. The maximum Gasteiger partial charge on any atom is 0.239 e. The second kappa shape index (κ2) is 4.28. The van der Waals surface area contributed by atoms with Crippen molar-refractivity contribution in [3.63, 3.8) is 0 Å². The minimum Gasteiger partial charge on any atom is -0.381 e. The van der Waals surface area contributed by atoms with Gasteiger partial charge in [0.15, 0.2) is 0 Å². The van der Waals surface area contributed by atoms with Crippen LogP contribution < -0.4 is 5.32 Å². The van der Waals surface area contributed by atoms with E-state index in [4.69, 9.17) is 4.74 Å². The average Bonchev–Trinajstić information content (AvgIpc) is 2.77. The molecule has 2 saturated heterocycles. The summed E-state index contributed by atoms with van der Waals surface area (Å²) in [6.07, 6.45) is 2.08. The van der Waals surface area contributed by atoms with E-state index in [9.17, 15) is 4.79 Å². The molecule has 2 fully saturated rings. The fraction of sp³-hybridized carbons (Fsp3) is 0.900. The molecule has 4 heteroatoms. The van der Waals surface area contributed by atoms with E-state index in [0.29, 0.717) is 5.92 Å². The van der Waals surface area contributed by atoms with Gasteiger partial charge in [-0.2, -0.15) is 0 Å². The predicted molar refractivity (Wildman–Crippen MR) is 53.0 cm³/mol. The second-order valence-corrected chi connectivity index (χ2v) is 4.24. The van der Waals surface area contributed by atoms with Crippen molar-refractivity contribution >= 4 is 5.91 Å².